The molecule has 0 saturated heterocycles. The summed E-state index contributed by atoms with van der Waals surface area (Å²) in [5.41, 5.74) is 1.30. The third-order valence-electron chi connectivity index (χ3n) is 1.95. The van der Waals surface area contributed by atoms with Crippen molar-refractivity contribution in [2.75, 3.05) is 6.61 Å². The summed E-state index contributed by atoms with van der Waals surface area (Å²) in [5, 5.41) is 8.93. The molecule has 0 aliphatic rings. The van der Waals surface area contributed by atoms with Gasteiger partial charge in [0.25, 0.3) is 0 Å². The quantitative estimate of drug-likeness (QED) is 0.636. The van der Waals surface area contributed by atoms with Gasteiger partial charge in [0.2, 0.25) is 0 Å². The third-order valence-corrected chi connectivity index (χ3v) is 2.97. The number of ether oxygens (including phenoxy) is 1. The third kappa shape index (κ3) is 2.75. The van der Waals surface area contributed by atoms with Crippen LogP contribution in [0.4, 0.5) is 0 Å². The van der Waals surface area contributed by atoms with Crippen LogP contribution in [0, 0.1) is 11.3 Å². The second-order valence-electron chi connectivity index (χ2n) is 2.96. The molecule has 1 rings (SSSR count). The molecule has 0 heterocycles. The molecule has 0 saturated carbocycles. The van der Waals surface area contributed by atoms with Gasteiger partial charge in [-0.1, -0.05) is 15.9 Å². The first-order valence-corrected chi connectivity index (χ1v) is 5.92. The van der Waals surface area contributed by atoms with Gasteiger partial charge in [-0.15, -0.1) is 11.6 Å². The number of carbonyl (C=O) groups is 1. The molecule has 0 amide bonds. The fourth-order valence-corrected chi connectivity index (χ4v) is 2.06. The molecular weight excluding hydrogens is 293 g/mol. The first-order chi connectivity index (χ1) is 7.63. The lowest BCUT2D eigenvalue weighted by Gasteiger charge is -2.07. The summed E-state index contributed by atoms with van der Waals surface area (Å²) in [6.45, 7) is 1.99. The van der Waals surface area contributed by atoms with Crippen molar-refractivity contribution in [3.05, 3.63) is 33.3 Å². The van der Waals surface area contributed by atoms with E-state index >= 15 is 0 Å². The second-order valence-corrected chi connectivity index (χ2v) is 4.08. The fraction of sp³-hybridized carbons (Fsp3) is 0.273. The first-order valence-electron chi connectivity index (χ1n) is 4.59. The molecule has 84 valence electrons. The van der Waals surface area contributed by atoms with Crippen LogP contribution in [-0.4, -0.2) is 12.6 Å². The van der Waals surface area contributed by atoms with E-state index < -0.39 is 5.97 Å². The Morgan fingerprint density at radius 1 is 1.62 bits per heavy atom. The standard InChI is InChI=1S/C11H9BrClNO2/c1-2-16-11(15)9-4-10(12)7(5-13)3-8(9)6-14/h3-4H,2,5H2,1H3. The molecule has 5 heteroatoms. The number of rotatable bonds is 3. The molecule has 0 unspecified atom stereocenters. The number of alkyl halides is 1. The van der Waals surface area contributed by atoms with Crippen LogP contribution in [0.1, 0.15) is 28.4 Å². The van der Waals surface area contributed by atoms with Crippen LogP contribution in [0.25, 0.3) is 0 Å². The lowest BCUT2D eigenvalue weighted by atomic mass is 10.1. The van der Waals surface area contributed by atoms with Crippen molar-refractivity contribution >= 4 is 33.5 Å². The topological polar surface area (TPSA) is 50.1 Å². The van der Waals surface area contributed by atoms with E-state index in [-0.39, 0.29) is 23.6 Å². The Bertz CT molecular complexity index is 454. The van der Waals surface area contributed by atoms with Crippen molar-refractivity contribution < 1.29 is 9.53 Å². The summed E-state index contributed by atoms with van der Waals surface area (Å²) in [5.74, 6) is -0.223. The smallest absolute Gasteiger partial charge is 0.339 e. The van der Waals surface area contributed by atoms with Crippen molar-refractivity contribution in [3.8, 4) is 6.07 Å². The lowest BCUT2D eigenvalue weighted by Crippen LogP contribution is -2.07. The highest BCUT2D eigenvalue weighted by Crippen LogP contribution is 2.24. The minimum absolute atomic E-state index is 0.255. The van der Waals surface area contributed by atoms with Crippen LogP contribution in [0.2, 0.25) is 0 Å². The van der Waals surface area contributed by atoms with Crippen molar-refractivity contribution in [1.82, 2.24) is 0 Å². The Morgan fingerprint density at radius 2 is 2.31 bits per heavy atom. The summed E-state index contributed by atoms with van der Waals surface area (Å²) in [6.07, 6.45) is 0. The summed E-state index contributed by atoms with van der Waals surface area (Å²) >= 11 is 8.99. The molecule has 0 aromatic heterocycles. The highest BCUT2D eigenvalue weighted by molar-refractivity contribution is 9.10. The molecule has 3 nitrogen and oxygen atoms in total. The van der Waals surface area contributed by atoms with Gasteiger partial charge in [0.05, 0.1) is 17.7 Å². The van der Waals surface area contributed by atoms with E-state index in [0.29, 0.717) is 4.47 Å². The number of halogens is 2. The fourth-order valence-electron chi connectivity index (χ4n) is 1.19. The number of nitriles is 1. The van der Waals surface area contributed by atoms with Gasteiger partial charge in [0.15, 0.2) is 0 Å². The second kappa shape index (κ2) is 5.88. The average molecular weight is 303 g/mol. The lowest BCUT2D eigenvalue weighted by molar-refractivity contribution is 0.0526. The molecule has 16 heavy (non-hydrogen) atoms. The Kier molecular flexibility index (Phi) is 4.78. The molecule has 1 aromatic rings. The SMILES string of the molecule is CCOC(=O)c1cc(Br)c(CCl)cc1C#N. The molecule has 0 aliphatic heterocycles. The van der Waals surface area contributed by atoms with Gasteiger partial charge in [-0.05, 0) is 24.6 Å². The van der Waals surface area contributed by atoms with Gasteiger partial charge in [0, 0.05) is 10.4 Å². The molecule has 0 fully saturated rings. The van der Waals surface area contributed by atoms with Crippen LogP contribution in [-0.2, 0) is 10.6 Å². The summed E-state index contributed by atoms with van der Waals surface area (Å²) in [7, 11) is 0. The first kappa shape index (κ1) is 13.0. The normalized spacial score (nSPS) is 9.62. The van der Waals surface area contributed by atoms with E-state index in [1.165, 1.54) is 0 Å². The number of benzene rings is 1. The average Bonchev–Trinajstić information content (AvgIpc) is 2.29. The van der Waals surface area contributed by atoms with Gasteiger partial charge < -0.3 is 4.74 Å². The van der Waals surface area contributed by atoms with Crippen molar-refractivity contribution in [3.63, 3.8) is 0 Å². The van der Waals surface area contributed by atoms with Gasteiger partial charge in [-0.25, -0.2) is 4.79 Å². The number of hydrogen-bond acceptors (Lipinski definition) is 3. The number of hydrogen-bond donors (Lipinski definition) is 0. The van der Waals surface area contributed by atoms with Gasteiger partial charge in [-0.2, -0.15) is 5.26 Å². The maximum atomic E-state index is 11.5. The Morgan fingerprint density at radius 3 is 2.81 bits per heavy atom. The van der Waals surface area contributed by atoms with Crippen LogP contribution in [0.3, 0.4) is 0 Å². The minimum atomic E-state index is -0.499. The van der Waals surface area contributed by atoms with E-state index in [9.17, 15) is 4.79 Å². The van der Waals surface area contributed by atoms with E-state index in [1.54, 1.807) is 19.1 Å². The number of carbonyl (C=O) groups excluding carboxylic acids is 1. The van der Waals surface area contributed by atoms with E-state index in [4.69, 9.17) is 21.6 Å². The molecule has 0 N–H and O–H groups in total. The van der Waals surface area contributed by atoms with Crippen molar-refractivity contribution in [2.45, 2.75) is 12.8 Å². The zero-order chi connectivity index (χ0) is 12.1. The minimum Gasteiger partial charge on any atom is -0.462 e. The van der Waals surface area contributed by atoms with Gasteiger partial charge in [-0.3, -0.25) is 0 Å². The van der Waals surface area contributed by atoms with Gasteiger partial charge in [0.1, 0.15) is 6.07 Å². The molecule has 1 aromatic carbocycles. The van der Waals surface area contributed by atoms with E-state index in [1.807, 2.05) is 6.07 Å². The number of esters is 1. The largest absolute Gasteiger partial charge is 0.462 e. The van der Waals surface area contributed by atoms with Crippen LogP contribution in [0.15, 0.2) is 16.6 Å². The highest BCUT2D eigenvalue weighted by Gasteiger charge is 2.15. The Labute approximate surface area is 107 Å². The van der Waals surface area contributed by atoms with Crippen molar-refractivity contribution in [1.29, 1.82) is 5.26 Å². The van der Waals surface area contributed by atoms with E-state index in [0.717, 1.165) is 5.56 Å². The number of nitrogens with zero attached hydrogens (tertiary/aromatic N) is 1. The summed E-state index contributed by atoms with van der Waals surface area (Å²) in [4.78, 5) is 11.5. The maximum absolute atomic E-state index is 11.5. The van der Waals surface area contributed by atoms with Gasteiger partial charge >= 0.3 is 5.97 Å². The Hall–Kier alpha value is -1.05. The zero-order valence-corrected chi connectivity index (χ0v) is 10.9. The predicted molar refractivity (Wildman–Crippen MR) is 64.4 cm³/mol. The predicted octanol–water partition coefficient (Wildman–Crippen LogP) is 3.24. The molecule has 0 atom stereocenters. The molecule has 0 aliphatic carbocycles. The summed E-state index contributed by atoms with van der Waals surface area (Å²) < 4.78 is 5.55. The molecule has 0 bridgehead atoms. The van der Waals surface area contributed by atoms with Crippen LogP contribution < -0.4 is 0 Å². The van der Waals surface area contributed by atoms with Crippen molar-refractivity contribution in [2.24, 2.45) is 0 Å². The Balaban J connectivity index is 3.24. The molecule has 0 spiro atoms. The highest BCUT2D eigenvalue weighted by atomic mass is 79.9. The monoisotopic (exact) mass is 301 g/mol. The zero-order valence-electron chi connectivity index (χ0n) is 8.59. The maximum Gasteiger partial charge on any atom is 0.339 e. The van der Waals surface area contributed by atoms with Crippen LogP contribution in [0.5, 0.6) is 0 Å². The molecular formula is C11H9BrClNO2. The molecule has 0 radical (unpaired) electrons. The summed E-state index contributed by atoms with van der Waals surface area (Å²) in [6, 6.07) is 5.11. The van der Waals surface area contributed by atoms with Crippen LogP contribution >= 0.6 is 27.5 Å². The van der Waals surface area contributed by atoms with E-state index in [2.05, 4.69) is 15.9 Å².